The van der Waals surface area contributed by atoms with Gasteiger partial charge in [0.2, 0.25) is 0 Å². The van der Waals surface area contributed by atoms with Crippen LogP contribution in [-0.2, 0) is 0 Å². The number of carbonyl (C=O) groups is 1. The molecule has 0 unspecified atom stereocenters. The molecule has 0 aliphatic carbocycles. The molecular formula is C16H9Cl2NO2. The quantitative estimate of drug-likeness (QED) is 0.709. The van der Waals surface area contributed by atoms with E-state index in [1.165, 1.54) is 12.3 Å². The van der Waals surface area contributed by atoms with Gasteiger partial charge in [0, 0.05) is 17.1 Å². The molecule has 0 saturated carbocycles. The lowest BCUT2D eigenvalue weighted by atomic mass is 10.0. The topological polar surface area (TPSA) is 50.2 Å². The Hall–Kier alpha value is -2.10. The lowest BCUT2D eigenvalue weighted by Crippen LogP contribution is -2.03. The number of nitrogens with zero attached hydrogens (tertiary/aromatic N) is 1. The van der Waals surface area contributed by atoms with Crippen LogP contribution >= 0.6 is 23.2 Å². The van der Waals surface area contributed by atoms with Gasteiger partial charge < -0.3 is 5.11 Å². The first-order valence-electron chi connectivity index (χ1n) is 6.15. The van der Waals surface area contributed by atoms with E-state index in [1.54, 1.807) is 36.4 Å². The van der Waals surface area contributed by atoms with Crippen molar-refractivity contribution in [1.29, 1.82) is 0 Å². The summed E-state index contributed by atoms with van der Waals surface area (Å²) in [6.45, 7) is 0. The van der Waals surface area contributed by atoms with Gasteiger partial charge in [-0.25, -0.2) is 0 Å². The molecule has 0 amide bonds. The highest BCUT2D eigenvalue weighted by molar-refractivity contribution is 6.37. The van der Waals surface area contributed by atoms with E-state index in [4.69, 9.17) is 23.2 Å². The van der Waals surface area contributed by atoms with Crippen LogP contribution in [0.15, 0.2) is 48.7 Å². The van der Waals surface area contributed by atoms with Crippen molar-refractivity contribution in [2.45, 2.75) is 0 Å². The zero-order valence-corrected chi connectivity index (χ0v) is 12.2. The molecule has 0 saturated heterocycles. The monoisotopic (exact) mass is 317 g/mol. The lowest BCUT2D eigenvalue weighted by Gasteiger charge is -2.09. The largest absolute Gasteiger partial charge is 0.505 e. The number of fused-ring (bicyclic) bond motifs is 1. The van der Waals surface area contributed by atoms with E-state index < -0.39 is 5.78 Å². The van der Waals surface area contributed by atoms with Crippen LogP contribution in [0.25, 0.3) is 10.9 Å². The summed E-state index contributed by atoms with van der Waals surface area (Å²) in [6, 6.07) is 11.5. The molecule has 5 heteroatoms. The molecule has 1 aromatic heterocycles. The number of rotatable bonds is 2. The number of phenolic OH excluding ortho intramolecular Hbond substituents is 1. The van der Waals surface area contributed by atoms with E-state index >= 15 is 0 Å². The highest BCUT2D eigenvalue weighted by Gasteiger charge is 2.20. The fourth-order valence-electron chi connectivity index (χ4n) is 2.15. The molecule has 2 aromatic carbocycles. The second-order valence-electron chi connectivity index (χ2n) is 4.46. The normalized spacial score (nSPS) is 10.8. The molecule has 21 heavy (non-hydrogen) atoms. The van der Waals surface area contributed by atoms with Gasteiger partial charge in [-0.05, 0) is 30.3 Å². The number of phenols is 1. The summed E-state index contributed by atoms with van der Waals surface area (Å²) >= 11 is 12.2. The van der Waals surface area contributed by atoms with Gasteiger partial charge in [0.05, 0.1) is 15.6 Å². The molecule has 0 fully saturated rings. The van der Waals surface area contributed by atoms with Crippen molar-refractivity contribution in [3.05, 3.63) is 69.8 Å². The molecule has 1 N–H and O–H groups in total. The van der Waals surface area contributed by atoms with Crippen molar-refractivity contribution >= 4 is 39.9 Å². The fourth-order valence-corrected chi connectivity index (χ4v) is 2.63. The molecule has 0 spiro atoms. The van der Waals surface area contributed by atoms with E-state index in [1.807, 2.05) is 0 Å². The van der Waals surface area contributed by atoms with Crippen molar-refractivity contribution in [3.8, 4) is 5.75 Å². The minimum absolute atomic E-state index is 0.0827. The Kier molecular flexibility index (Phi) is 3.53. The number of hydrogen-bond donors (Lipinski definition) is 1. The molecule has 3 nitrogen and oxygen atoms in total. The summed E-state index contributed by atoms with van der Waals surface area (Å²) in [4.78, 5) is 16.6. The van der Waals surface area contributed by atoms with Gasteiger partial charge in [-0.1, -0.05) is 35.3 Å². The highest BCUT2D eigenvalue weighted by atomic mass is 35.5. The zero-order chi connectivity index (χ0) is 15.0. The van der Waals surface area contributed by atoms with Crippen LogP contribution in [-0.4, -0.2) is 15.9 Å². The number of carbonyl (C=O) groups excluding carboxylic acids is 1. The van der Waals surface area contributed by atoms with Gasteiger partial charge >= 0.3 is 0 Å². The van der Waals surface area contributed by atoms with E-state index in [9.17, 15) is 9.90 Å². The highest BCUT2D eigenvalue weighted by Crippen LogP contribution is 2.34. The molecule has 3 rings (SSSR count). The van der Waals surface area contributed by atoms with E-state index in [0.29, 0.717) is 26.5 Å². The Morgan fingerprint density at radius 2 is 1.76 bits per heavy atom. The van der Waals surface area contributed by atoms with Crippen molar-refractivity contribution in [3.63, 3.8) is 0 Å². The van der Waals surface area contributed by atoms with Crippen LogP contribution in [0, 0.1) is 0 Å². The Morgan fingerprint density at radius 1 is 1.00 bits per heavy atom. The summed E-state index contributed by atoms with van der Waals surface area (Å²) in [5.41, 5.74) is 0.681. The Morgan fingerprint density at radius 3 is 2.52 bits per heavy atom. The molecule has 0 atom stereocenters. The maximum Gasteiger partial charge on any atom is 0.198 e. The Bertz CT molecular complexity index is 862. The van der Waals surface area contributed by atoms with Gasteiger partial charge in [0.1, 0.15) is 5.52 Å². The minimum atomic E-state index is -0.396. The SMILES string of the molecule is O=C(c1ccccc1Cl)c1cc(Cl)c2cccnc2c1O. The maximum atomic E-state index is 12.6. The molecule has 104 valence electrons. The van der Waals surface area contributed by atoms with Crippen molar-refractivity contribution in [1.82, 2.24) is 4.98 Å². The van der Waals surface area contributed by atoms with E-state index in [0.717, 1.165) is 0 Å². The molecule has 3 aromatic rings. The third kappa shape index (κ3) is 2.35. The van der Waals surface area contributed by atoms with Gasteiger partial charge in [0.25, 0.3) is 0 Å². The number of aromatic hydroxyl groups is 1. The third-order valence-electron chi connectivity index (χ3n) is 3.18. The van der Waals surface area contributed by atoms with Gasteiger partial charge in [-0.3, -0.25) is 9.78 Å². The molecule has 1 heterocycles. The van der Waals surface area contributed by atoms with Gasteiger partial charge in [0.15, 0.2) is 11.5 Å². The van der Waals surface area contributed by atoms with Crippen LogP contribution in [0.5, 0.6) is 5.75 Å². The first-order chi connectivity index (χ1) is 10.1. The average Bonchev–Trinajstić information content (AvgIpc) is 2.51. The number of benzene rings is 2. The number of pyridine rings is 1. The van der Waals surface area contributed by atoms with Crippen LogP contribution < -0.4 is 0 Å². The maximum absolute atomic E-state index is 12.6. The summed E-state index contributed by atoms with van der Waals surface area (Å²) in [5, 5.41) is 11.6. The lowest BCUT2D eigenvalue weighted by molar-refractivity contribution is 0.103. The van der Waals surface area contributed by atoms with Crippen molar-refractivity contribution in [2.24, 2.45) is 0 Å². The average molecular weight is 318 g/mol. The number of aromatic nitrogens is 1. The number of ketones is 1. The first-order valence-corrected chi connectivity index (χ1v) is 6.90. The minimum Gasteiger partial charge on any atom is -0.505 e. The second-order valence-corrected chi connectivity index (χ2v) is 5.28. The summed E-state index contributed by atoms with van der Waals surface area (Å²) < 4.78 is 0. The summed E-state index contributed by atoms with van der Waals surface area (Å²) in [5.74, 6) is -0.590. The summed E-state index contributed by atoms with van der Waals surface area (Å²) in [7, 11) is 0. The standard InChI is InChI=1S/C16H9Cl2NO2/c17-12-6-2-1-4-10(12)15(20)11-8-13(18)9-5-3-7-19-14(9)16(11)21/h1-8,21H. The Labute approximate surface area is 130 Å². The van der Waals surface area contributed by atoms with Crippen LogP contribution in [0.3, 0.4) is 0 Å². The third-order valence-corrected chi connectivity index (χ3v) is 3.82. The van der Waals surface area contributed by atoms with Crippen molar-refractivity contribution in [2.75, 3.05) is 0 Å². The zero-order valence-electron chi connectivity index (χ0n) is 10.7. The number of halogens is 2. The number of hydrogen-bond acceptors (Lipinski definition) is 3. The van der Waals surface area contributed by atoms with Crippen LogP contribution in [0.1, 0.15) is 15.9 Å². The second kappa shape index (κ2) is 5.35. The fraction of sp³-hybridized carbons (Fsp3) is 0. The van der Waals surface area contributed by atoms with E-state index in [-0.39, 0.29) is 11.3 Å². The predicted octanol–water partition coefficient (Wildman–Crippen LogP) is 4.48. The molecular weight excluding hydrogens is 309 g/mol. The molecule has 0 bridgehead atoms. The smallest absolute Gasteiger partial charge is 0.198 e. The first kappa shape index (κ1) is 13.9. The molecule has 0 radical (unpaired) electrons. The molecule has 0 aliphatic heterocycles. The van der Waals surface area contributed by atoms with E-state index in [2.05, 4.69) is 4.98 Å². The predicted molar refractivity (Wildman–Crippen MR) is 83.3 cm³/mol. The van der Waals surface area contributed by atoms with Crippen LogP contribution in [0.2, 0.25) is 10.0 Å². The van der Waals surface area contributed by atoms with Crippen molar-refractivity contribution < 1.29 is 9.90 Å². The van der Waals surface area contributed by atoms with Gasteiger partial charge in [-0.15, -0.1) is 0 Å². The van der Waals surface area contributed by atoms with Gasteiger partial charge in [-0.2, -0.15) is 0 Å². The Balaban J connectivity index is 2.24. The summed E-state index contributed by atoms with van der Waals surface area (Å²) in [6.07, 6.45) is 1.53. The van der Waals surface area contributed by atoms with Crippen LogP contribution in [0.4, 0.5) is 0 Å². The molecule has 0 aliphatic rings.